The van der Waals surface area contributed by atoms with Gasteiger partial charge in [0.1, 0.15) is 0 Å². The number of alkyl halides is 1. The Bertz CT molecular complexity index is 727. The van der Waals surface area contributed by atoms with Crippen LogP contribution in [0.1, 0.15) is 62.3 Å². The van der Waals surface area contributed by atoms with E-state index in [4.69, 9.17) is 23.7 Å². The molecular weight excluding hydrogens is 488 g/mol. The Labute approximate surface area is 197 Å². The highest BCUT2D eigenvalue weighted by Crippen LogP contribution is 2.35. The van der Waals surface area contributed by atoms with Gasteiger partial charge in [0, 0.05) is 0 Å². The summed E-state index contributed by atoms with van der Waals surface area (Å²) in [5.74, 6) is -2.73. The molecule has 5 atom stereocenters. The predicted molar refractivity (Wildman–Crippen MR) is 118 cm³/mol. The van der Waals surface area contributed by atoms with Crippen molar-refractivity contribution in [2.24, 2.45) is 16.2 Å². The number of hydrogen-bond donors (Lipinski definition) is 0. The lowest BCUT2D eigenvalue weighted by Crippen LogP contribution is -2.63. The molecule has 1 rings (SSSR count). The Morgan fingerprint density at radius 1 is 0.656 bits per heavy atom. The minimum atomic E-state index is -1.42. The van der Waals surface area contributed by atoms with Gasteiger partial charge in [0.05, 0.1) is 23.4 Å². The van der Waals surface area contributed by atoms with Crippen LogP contribution in [0.3, 0.4) is 0 Å². The van der Waals surface area contributed by atoms with Crippen LogP contribution in [0.25, 0.3) is 0 Å². The second-order valence-electron chi connectivity index (χ2n) is 10.8. The zero-order valence-corrected chi connectivity index (χ0v) is 22.0. The van der Waals surface area contributed by atoms with Crippen LogP contribution in [-0.4, -0.2) is 60.4 Å². The van der Waals surface area contributed by atoms with Gasteiger partial charge in [0.25, 0.3) is 0 Å². The summed E-state index contributed by atoms with van der Waals surface area (Å²) >= 11 is 3.26. The zero-order chi connectivity index (χ0) is 25.2. The fraction of sp³-hybridized carbons (Fsp3) is 0.818. The first-order valence-corrected chi connectivity index (χ1v) is 11.2. The van der Waals surface area contributed by atoms with Gasteiger partial charge >= 0.3 is 23.9 Å². The highest BCUT2D eigenvalue weighted by Gasteiger charge is 2.56. The third-order valence-corrected chi connectivity index (χ3v) is 5.22. The summed E-state index contributed by atoms with van der Waals surface area (Å²) in [6.07, 6.45) is -5.36. The normalized spacial score (nSPS) is 26.7. The summed E-state index contributed by atoms with van der Waals surface area (Å²) in [7, 11) is 1.15. The highest BCUT2D eigenvalue weighted by atomic mass is 79.9. The van der Waals surface area contributed by atoms with Gasteiger partial charge in [-0.1, -0.05) is 15.9 Å². The number of halogens is 1. The van der Waals surface area contributed by atoms with Crippen LogP contribution >= 0.6 is 15.9 Å². The van der Waals surface area contributed by atoms with Crippen molar-refractivity contribution < 1.29 is 42.9 Å². The molecule has 9 nitrogen and oxygen atoms in total. The minimum absolute atomic E-state index is 0.593. The van der Waals surface area contributed by atoms with Crippen molar-refractivity contribution in [1.29, 1.82) is 0 Å². The van der Waals surface area contributed by atoms with Gasteiger partial charge in [-0.3, -0.25) is 14.4 Å². The van der Waals surface area contributed by atoms with Gasteiger partial charge in [0.15, 0.2) is 29.4 Å². The Hall–Kier alpha value is -1.68. The van der Waals surface area contributed by atoms with E-state index in [1.807, 2.05) is 0 Å². The average Bonchev–Trinajstić information content (AvgIpc) is 2.62. The van der Waals surface area contributed by atoms with Crippen molar-refractivity contribution in [1.82, 2.24) is 0 Å². The van der Waals surface area contributed by atoms with Crippen LogP contribution in [0.4, 0.5) is 0 Å². The molecule has 0 aliphatic carbocycles. The summed E-state index contributed by atoms with van der Waals surface area (Å²) in [5, 5.41) is -1.04. The fourth-order valence-electron chi connectivity index (χ4n) is 2.39. The second-order valence-corrected chi connectivity index (χ2v) is 11.7. The molecule has 0 aromatic rings. The van der Waals surface area contributed by atoms with Gasteiger partial charge in [-0.2, -0.15) is 0 Å². The smallest absolute Gasteiger partial charge is 0.339 e. The molecule has 0 spiro atoms. The monoisotopic (exact) mass is 522 g/mol. The molecule has 0 N–H and O–H groups in total. The lowest BCUT2D eigenvalue weighted by atomic mass is 9.93. The van der Waals surface area contributed by atoms with Crippen LogP contribution in [0.15, 0.2) is 0 Å². The maximum absolute atomic E-state index is 12.8. The molecule has 1 saturated heterocycles. The van der Waals surface area contributed by atoms with E-state index < -0.39 is 69.6 Å². The van der Waals surface area contributed by atoms with E-state index in [0.717, 1.165) is 7.11 Å². The molecule has 0 saturated carbocycles. The molecular formula is C22H35BrO9. The van der Waals surface area contributed by atoms with Crippen molar-refractivity contribution in [2.75, 3.05) is 7.11 Å². The first-order chi connectivity index (χ1) is 14.3. The molecule has 0 unspecified atom stereocenters. The van der Waals surface area contributed by atoms with Crippen LogP contribution in [-0.2, 0) is 42.9 Å². The molecule has 0 aromatic carbocycles. The van der Waals surface area contributed by atoms with Crippen LogP contribution in [0.5, 0.6) is 0 Å². The molecule has 0 amide bonds. The first kappa shape index (κ1) is 28.4. The summed E-state index contributed by atoms with van der Waals surface area (Å²) in [6.45, 7) is 14.8. The number of methoxy groups -OCH3 is 1. The summed E-state index contributed by atoms with van der Waals surface area (Å²) in [6, 6.07) is 0. The number of rotatable bonds is 4. The Balaban J connectivity index is 3.51. The number of hydrogen-bond acceptors (Lipinski definition) is 9. The summed E-state index contributed by atoms with van der Waals surface area (Å²) < 4.78 is 27.4. The fourth-order valence-corrected chi connectivity index (χ4v) is 3.04. The molecule has 1 aliphatic rings. The van der Waals surface area contributed by atoms with E-state index in [1.165, 1.54) is 0 Å². The lowest BCUT2D eigenvalue weighted by Gasteiger charge is -2.43. The first-order valence-electron chi connectivity index (χ1n) is 10.3. The second kappa shape index (κ2) is 10.1. The molecule has 32 heavy (non-hydrogen) atoms. The van der Waals surface area contributed by atoms with Crippen LogP contribution < -0.4 is 0 Å². The molecule has 0 aromatic heterocycles. The molecule has 0 bridgehead atoms. The zero-order valence-electron chi connectivity index (χ0n) is 20.4. The maximum Gasteiger partial charge on any atom is 0.339 e. The Kier molecular flexibility index (Phi) is 8.92. The minimum Gasteiger partial charge on any atom is -0.467 e. The average molecular weight is 523 g/mol. The third kappa shape index (κ3) is 7.16. The largest absolute Gasteiger partial charge is 0.467 e. The summed E-state index contributed by atoms with van der Waals surface area (Å²) in [4.78, 5) is 50.6. The van der Waals surface area contributed by atoms with E-state index in [0.29, 0.717) is 0 Å². The van der Waals surface area contributed by atoms with E-state index in [1.54, 1.807) is 62.3 Å². The topological polar surface area (TPSA) is 114 Å². The van der Waals surface area contributed by atoms with Gasteiger partial charge in [0.2, 0.25) is 0 Å². The van der Waals surface area contributed by atoms with Crippen LogP contribution in [0, 0.1) is 16.2 Å². The molecule has 10 heteroatoms. The number of esters is 4. The molecule has 1 fully saturated rings. The number of ether oxygens (including phenoxy) is 5. The number of carbonyl (C=O) groups excluding carboxylic acids is 4. The lowest BCUT2D eigenvalue weighted by molar-refractivity contribution is -0.242. The molecule has 0 radical (unpaired) electrons. The Morgan fingerprint density at radius 3 is 1.34 bits per heavy atom. The van der Waals surface area contributed by atoms with Crippen LogP contribution in [0.2, 0.25) is 0 Å². The predicted octanol–water partition coefficient (Wildman–Crippen LogP) is 3.15. The van der Waals surface area contributed by atoms with Crippen molar-refractivity contribution in [2.45, 2.75) is 91.7 Å². The van der Waals surface area contributed by atoms with Crippen molar-refractivity contribution in [3.05, 3.63) is 0 Å². The molecule has 1 heterocycles. The third-order valence-electron chi connectivity index (χ3n) is 4.48. The van der Waals surface area contributed by atoms with E-state index >= 15 is 0 Å². The van der Waals surface area contributed by atoms with E-state index in [2.05, 4.69) is 15.9 Å². The Morgan fingerprint density at radius 2 is 1.00 bits per heavy atom. The quantitative estimate of drug-likeness (QED) is 0.311. The number of carbonyl (C=O) groups is 4. The summed E-state index contributed by atoms with van der Waals surface area (Å²) in [5.41, 5.74) is -2.72. The standard InChI is InChI=1S/C22H35BrO9/c1-20(2,3)17(25)30-11-12(31-18(26)21(4,5)6)14(16(24)28-10)29-15(23)13(11)32-19(27)22(7,8)9/h11-15H,1-10H3/t11-,12-,13+,14-,15-/m0/s1. The molecule has 1 aliphatic heterocycles. The van der Waals surface area contributed by atoms with Gasteiger partial charge in [-0.15, -0.1) is 0 Å². The van der Waals surface area contributed by atoms with E-state index in [9.17, 15) is 19.2 Å². The van der Waals surface area contributed by atoms with E-state index in [-0.39, 0.29) is 0 Å². The van der Waals surface area contributed by atoms with Gasteiger partial charge in [-0.05, 0) is 62.3 Å². The highest BCUT2D eigenvalue weighted by molar-refractivity contribution is 9.09. The van der Waals surface area contributed by atoms with Gasteiger partial charge < -0.3 is 23.7 Å². The van der Waals surface area contributed by atoms with Crippen molar-refractivity contribution in [3.8, 4) is 0 Å². The molecule has 184 valence electrons. The SMILES string of the molecule is COC(=O)[C@H]1O[C@H](Br)[C@H](OC(=O)C(C)(C)C)[C@@H](OC(=O)C(C)(C)C)[C@@H]1OC(=O)C(C)(C)C. The maximum atomic E-state index is 12.8. The van der Waals surface area contributed by atoms with Crippen molar-refractivity contribution in [3.63, 3.8) is 0 Å². The van der Waals surface area contributed by atoms with Crippen molar-refractivity contribution >= 4 is 39.8 Å². The van der Waals surface area contributed by atoms with Gasteiger partial charge in [-0.25, -0.2) is 4.79 Å².